The minimum atomic E-state index is -0.108. The molecule has 1 aromatic rings. The molecule has 2 rings (SSSR count). The number of carbonyl (C=O) groups is 1. The number of nitrogens with two attached hydrogens (primary N) is 1. The van der Waals surface area contributed by atoms with Gasteiger partial charge in [-0.3, -0.25) is 9.78 Å². The number of hydrogen-bond acceptors (Lipinski definition) is 3. The lowest BCUT2D eigenvalue weighted by Crippen LogP contribution is -2.39. The Morgan fingerprint density at radius 3 is 2.74 bits per heavy atom. The second-order valence-electron chi connectivity index (χ2n) is 5.57. The highest BCUT2D eigenvalue weighted by molar-refractivity contribution is 5.98. The summed E-state index contributed by atoms with van der Waals surface area (Å²) in [5.41, 5.74) is 7.68. The number of carbonyl (C=O) groups excluding carboxylic acids is 1. The quantitative estimate of drug-likeness (QED) is 0.879. The van der Waals surface area contributed by atoms with E-state index in [9.17, 15) is 4.79 Å². The van der Waals surface area contributed by atoms with Gasteiger partial charge in [0.1, 0.15) is 0 Å². The lowest BCUT2D eigenvalue weighted by atomic mass is 9.84. The summed E-state index contributed by atoms with van der Waals surface area (Å²) in [6, 6.07) is 1.94. The number of nitrogen functional groups attached to an aromatic ring is 1. The third kappa shape index (κ3) is 3.46. The highest BCUT2D eigenvalue weighted by Gasteiger charge is 2.22. The van der Waals surface area contributed by atoms with Crippen LogP contribution in [0.1, 0.15) is 55.1 Å². The molecule has 1 atom stereocenters. The smallest absolute Gasteiger partial charge is 0.255 e. The number of nitrogens with one attached hydrogen (secondary N) is 1. The van der Waals surface area contributed by atoms with Crippen LogP contribution in [-0.2, 0) is 0 Å². The zero-order valence-corrected chi connectivity index (χ0v) is 11.8. The van der Waals surface area contributed by atoms with Gasteiger partial charge in [-0.2, -0.15) is 0 Å². The Balaban J connectivity index is 1.99. The predicted molar refractivity (Wildman–Crippen MR) is 76.9 cm³/mol. The minimum absolute atomic E-state index is 0.108. The maximum atomic E-state index is 12.2. The van der Waals surface area contributed by atoms with Gasteiger partial charge in [0.15, 0.2) is 0 Å². The fourth-order valence-electron chi connectivity index (χ4n) is 2.81. The van der Waals surface area contributed by atoms with Gasteiger partial charge in [0, 0.05) is 23.6 Å². The molecule has 19 heavy (non-hydrogen) atoms. The lowest BCUT2D eigenvalue weighted by Gasteiger charge is -2.28. The Hall–Kier alpha value is -1.58. The average Bonchev–Trinajstić information content (AvgIpc) is 2.39. The molecule has 1 aliphatic carbocycles. The molecule has 1 unspecified atom stereocenters. The molecule has 104 valence electrons. The Labute approximate surface area is 114 Å². The molecular weight excluding hydrogens is 238 g/mol. The predicted octanol–water partition coefficient (Wildman–Crippen LogP) is 2.67. The maximum Gasteiger partial charge on any atom is 0.255 e. The van der Waals surface area contributed by atoms with E-state index in [1.807, 2.05) is 6.92 Å². The molecule has 0 spiro atoms. The first kappa shape index (κ1) is 13.8. The van der Waals surface area contributed by atoms with Crippen molar-refractivity contribution in [1.29, 1.82) is 0 Å². The van der Waals surface area contributed by atoms with Gasteiger partial charge in [0.25, 0.3) is 5.91 Å². The van der Waals surface area contributed by atoms with Gasteiger partial charge in [0.2, 0.25) is 0 Å². The summed E-state index contributed by atoms with van der Waals surface area (Å²) in [5, 5.41) is 3.07. The molecule has 0 bridgehead atoms. The second kappa shape index (κ2) is 6.04. The van der Waals surface area contributed by atoms with Gasteiger partial charge in [0.05, 0.1) is 5.56 Å². The number of nitrogens with zero attached hydrogens (tertiary/aromatic N) is 1. The van der Waals surface area contributed by atoms with E-state index in [0.29, 0.717) is 17.2 Å². The average molecular weight is 261 g/mol. The molecule has 1 fully saturated rings. The van der Waals surface area contributed by atoms with Crippen molar-refractivity contribution in [2.45, 2.75) is 52.0 Å². The van der Waals surface area contributed by atoms with Crippen molar-refractivity contribution in [2.75, 3.05) is 5.73 Å². The number of rotatable bonds is 3. The molecular formula is C15H23N3O. The maximum absolute atomic E-state index is 12.2. The van der Waals surface area contributed by atoms with E-state index in [0.717, 1.165) is 5.69 Å². The van der Waals surface area contributed by atoms with Crippen LogP contribution in [0.2, 0.25) is 0 Å². The summed E-state index contributed by atoms with van der Waals surface area (Å²) >= 11 is 0. The SMILES string of the molecule is Cc1cc(N)c(C(=O)NC(C)C2CCCCC2)cn1. The van der Waals surface area contributed by atoms with Crippen molar-refractivity contribution in [3.63, 3.8) is 0 Å². The standard InChI is InChI=1S/C15H23N3O/c1-10-8-14(16)13(9-17-10)15(19)18-11(2)12-6-4-3-5-7-12/h8-9,11-12H,3-7H2,1-2H3,(H2,16,17)(H,18,19). The molecule has 3 N–H and O–H groups in total. The van der Waals surface area contributed by atoms with E-state index in [1.54, 1.807) is 12.3 Å². The zero-order valence-electron chi connectivity index (χ0n) is 11.8. The Morgan fingerprint density at radius 1 is 1.42 bits per heavy atom. The molecule has 1 saturated carbocycles. The topological polar surface area (TPSA) is 68.0 Å². The largest absolute Gasteiger partial charge is 0.398 e. The third-order valence-electron chi connectivity index (χ3n) is 4.03. The summed E-state index contributed by atoms with van der Waals surface area (Å²) in [7, 11) is 0. The van der Waals surface area contributed by atoms with Crippen molar-refractivity contribution in [3.8, 4) is 0 Å². The normalized spacial score (nSPS) is 18.0. The van der Waals surface area contributed by atoms with E-state index in [4.69, 9.17) is 5.73 Å². The van der Waals surface area contributed by atoms with Crippen molar-refractivity contribution in [1.82, 2.24) is 10.3 Å². The van der Waals surface area contributed by atoms with Crippen molar-refractivity contribution in [3.05, 3.63) is 23.5 Å². The molecule has 0 saturated heterocycles. The zero-order chi connectivity index (χ0) is 13.8. The molecule has 4 heteroatoms. The van der Waals surface area contributed by atoms with Gasteiger partial charge < -0.3 is 11.1 Å². The van der Waals surface area contributed by atoms with Crippen LogP contribution >= 0.6 is 0 Å². The van der Waals surface area contributed by atoms with Crippen molar-refractivity contribution >= 4 is 11.6 Å². The van der Waals surface area contributed by atoms with Crippen LogP contribution in [0.3, 0.4) is 0 Å². The van der Waals surface area contributed by atoms with Crippen LogP contribution in [0.25, 0.3) is 0 Å². The molecule has 4 nitrogen and oxygen atoms in total. The second-order valence-corrected chi connectivity index (χ2v) is 5.57. The highest BCUT2D eigenvalue weighted by atomic mass is 16.1. The fourth-order valence-corrected chi connectivity index (χ4v) is 2.81. The van der Waals surface area contributed by atoms with E-state index in [1.165, 1.54) is 32.1 Å². The van der Waals surface area contributed by atoms with Gasteiger partial charge in [-0.15, -0.1) is 0 Å². The van der Waals surface area contributed by atoms with Crippen LogP contribution in [-0.4, -0.2) is 16.9 Å². The van der Waals surface area contributed by atoms with E-state index < -0.39 is 0 Å². The molecule has 0 aliphatic heterocycles. The first-order valence-corrected chi connectivity index (χ1v) is 7.11. The Bertz CT molecular complexity index is 453. The summed E-state index contributed by atoms with van der Waals surface area (Å²) < 4.78 is 0. The van der Waals surface area contributed by atoms with E-state index in [-0.39, 0.29) is 11.9 Å². The number of amides is 1. The van der Waals surface area contributed by atoms with Gasteiger partial charge in [-0.1, -0.05) is 19.3 Å². The molecule has 1 aliphatic rings. The molecule has 1 aromatic heterocycles. The number of hydrogen-bond donors (Lipinski definition) is 2. The van der Waals surface area contributed by atoms with Crippen LogP contribution < -0.4 is 11.1 Å². The van der Waals surface area contributed by atoms with Crippen LogP contribution in [0.15, 0.2) is 12.3 Å². The third-order valence-corrected chi connectivity index (χ3v) is 4.03. The highest BCUT2D eigenvalue weighted by Crippen LogP contribution is 2.26. The number of aryl methyl sites for hydroxylation is 1. The number of aromatic nitrogens is 1. The molecule has 0 radical (unpaired) electrons. The summed E-state index contributed by atoms with van der Waals surface area (Å²) in [5.74, 6) is 0.486. The molecule has 1 amide bonds. The van der Waals surface area contributed by atoms with Crippen LogP contribution in [0.4, 0.5) is 5.69 Å². The van der Waals surface area contributed by atoms with Crippen LogP contribution in [0, 0.1) is 12.8 Å². The monoisotopic (exact) mass is 261 g/mol. The van der Waals surface area contributed by atoms with Gasteiger partial charge >= 0.3 is 0 Å². The minimum Gasteiger partial charge on any atom is -0.398 e. The van der Waals surface area contributed by atoms with Crippen molar-refractivity contribution < 1.29 is 4.79 Å². The van der Waals surface area contributed by atoms with E-state index in [2.05, 4.69) is 17.2 Å². The first-order valence-electron chi connectivity index (χ1n) is 7.11. The van der Waals surface area contributed by atoms with Gasteiger partial charge in [-0.25, -0.2) is 0 Å². The first-order chi connectivity index (χ1) is 9.08. The Morgan fingerprint density at radius 2 is 2.11 bits per heavy atom. The summed E-state index contributed by atoms with van der Waals surface area (Å²) in [6.07, 6.45) is 7.87. The number of pyridine rings is 1. The van der Waals surface area contributed by atoms with Crippen molar-refractivity contribution in [2.24, 2.45) is 5.92 Å². The fraction of sp³-hybridized carbons (Fsp3) is 0.600. The number of anilines is 1. The lowest BCUT2D eigenvalue weighted by molar-refractivity contribution is 0.0920. The van der Waals surface area contributed by atoms with Crippen LogP contribution in [0.5, 0.6) is 0 Å². The summed E-state index contributed by atoms with van der Waals surface area (Å²) in [4.78, 5) is 16.3. The molecule has 1 heterocycles. The van der Waals surface area contributed by atoms with Gasteiger partial charge in [-0.05, 0) is 38.7 Å². The summed E-state index contributed by atoms with van der Waals surface area (Å²) in [6.45, 7) is 3.95. The molecule has 0 aromatic carbocycles. The van der Waals surface area contributed by atoms with E-state index >= 15 is 0 Å². The Kier molecular flexibility index (Phi) is 4.40.